The van der Waals surface area contributed by atoms with Crippen molar-refractivity contribution in [2.75, 3.05) is 50.2 Å². The Morgan fingerprint density at radius 2 is 1.94 bits per heavy atom. The van der Waals surface area contributed by atoms with E-state index in [2.05, 4.69) is 21.0 Å². The zero-order valence-electron chi connectivity index (χ0n) is 17.9. The molecule has 7 nitrogen and oxygen atoms in total. The van der Waals surface area contributed by atoms with Gasteiger partial charge >= 0.3 is 0 Å². The molecular formula is C22H29N3O4S2. The van der Waals surface area contributed by atoms with Crippen LogP contribution in [0.25, 0.3) is 0 Å². The number of aryl methyl sites for hydroxylation is 1. The van der Waals surface area contributed by atoms with Crippen molar-refractivity contribution in [3.05, 3.63) is 59.2 Å². The lowest BCUT2D eigenvalue weighted by atomic mass is 10.1. The number of rotatable bonds is 9. The summed E-state index contributed by atoms with van der Waals surface area (Å²) in [5.41, 5.74) is 2.86. The molecule has 1 heterocycles. The number of nitrogens with zero attached hydrogens (tertiary/aromatic N) is 1. The molecule has 1 aliphatic rings. The van der Waals surface area contributed by atoms with Crippen LogP contribution in [0.1, 0.15) is 21.5 Å². The van der Waals surface area contributed by atoms with Crippen LogP contribution in [-0.4, -0.2) is 64.1 Å². The molecule has 2 N–H and O–H groups in total. The molecule has 0 atom stereocenters. The number of methoxy groups -OCH3 is 1. The third-order valence-electron chi connectivity index (χ3n) is 5.06. The van der Waals surface area contributed by atoms with E-state index in [4.69, 9.17) is 4.74 Å². The number of carbonyl (C=O) groups excluding carboxylic acids is 1. The molecule has 0 bridgehead atoms. The molecule has 2 aromatic rings. The Bertz CT molecular complexity index is 1010. The van der Waals surface area contributed by atoms with E-state index in [1.807, 2.05) is 30.0 Å². The smallest absolute Gasteiger partial charge is 0.255 e. The second kappa shape index (κ2) is 11.1. The number of nitrogens with one attached hydrogen (secondary N) is 2. The van der Waals surface area contributed by atoms with Gasteiger partial charge in [-0.05, 0) is 42.3 Å². The fourth-order valence-electron chi connectivity index (χ4n) is 3.34. The SMILES string of the molecule is COCCNS(=O)(=O)c1ccc(C)c(C(=O)Nc2cccc(CN3CCSCC3)c2)c1. The molecule has 0 aliphatic carbocycles. The quantitative estimate of drug-likeness (QED) is 0.556. The van der Waals surface area contributed by atoms with E-state index in [1.165, 1.54) is 19.2 Å². The molecule has 1 amide bonds. The van der Waals surface area contributed by atoms with Crippen molar-refractivity contribution in [2.45, 2.75) is 18.4 Å². The van der Waals surface area contributed by atoms with Gasteiger partial charge in [-0.3, -0.25) is 9.69 Å². The number of carbonyl (C=O) groups is 1. The normalized spacial score (nSPS) is 15.0. The first-order valence-electron chi connectivity index (χ1n) is 10.2. The first kappa shape index (κ1) is 23.7. The summed E-state index contributed by atoms with van der Waals surface area (Å²) in [4.78, 5) is 15.4. The van der Waals surface area contributed by atoms with Crippen LogP contribution >= 0.6 is 11.8 Å². The van der Waals surface area contributed by atoms with Gasteiger partial charge in [0.2, 0.25) is 10.0 Å². The highest BCUT2D eigenvalue weighted by Crippen LogP contribution is 2.20. The molecule has 0 radical (unpaired) electrons. The maximum atomic E-state index is 12.9. The second-order valence-corrected chi connectivity index (χ2v) is 10.4. The fraction of sp³-hybridized carbons (Fsp3) is 0.409. The Balaban J connectivity index is 1.72. The summed E-state index contributed by atoms with van der Waals surface area (Å²) in [5, 5.41) is 2.91. The Kier molecular flexibility index (Phi) is 8.50. The minimum Gasteiger partial charge on any atom is -0.383 e. The zero-order chi connectivity index (χ0) is 22.3. The van der Waals surface area contributed by atoms with Gasteiger partial charge in [-0.2, -0.15) is 11.8 Å². The van der Waals surface area contributed by atoms with Crippen LogP contribution in [0, 0.1) is 6.92 Å². The van der Waals surface area contributed by atoms with Crippen LogP contribution in [0.3, 0.4) is 0 Å². The van der Waals surface area contributed by atoms with Crippen LogP contribution in [0.5, 0.6) is 0 Å². The summed E-state index contributed by atoms with van der Waals surface area (Å²) >= 11 is 1.98. The largest absolute Gasteiger partial charge is 0.383 e. The highest BCUT2D eigenvalue weighted by Gasteiger charge is 2.18. The third kappa shape index (κ3) is 6.78. The van der Waals surface area contributed by atoms with Crippen molar-refractivity contribution in [2.24, 2.45) is 0 Å². The molecule has 9 heteroatoms. The first-order valence-corrected chi connectivity index (χ1v) is 12.8. The molecule has 0 unspecified atom stereocenters. The molecule has 1 aliphatic heterocycles. The lowest BCUT2D eigenvalue weighted by Crippen LogP contribution is -2.31. The van der Waals surface area contributed by atoms with Gasteiger partial charge in [0.25, 0.3) is 5.91 Å². The van der Waals surface area contributed by atoms with Crippen LogP contribution in [0.4, 0.5) is 5.69 Å². The predicted molar refractivity (Wildman–Crippen MR) is 125 cm³/mol. The summed E-state index contributed by atoms with van der Waals surface area (Å²) in [6.07, 6.45) is 0. The highest BCUT2D eigenvalue weighted by molar-refractivity contribution is 7.99. The maximum Gasteiger partial charge on any atom is 0.255 e. The number of hydrogen-bond acceptors (Lipinski definition) is 6. The molecule has 0 aromatic heterocycles. The number of thioether (sulfide) groups is 1. The highest BCUT2D eigenvalue weighted by atomic mass is 32.2. The van der Waals surface area contributed by atoms with Crippen LogP contribution in [0.15, 0.2) is 47.4 Å². The van der Waals surface area contributed by atoms with Gasteiger partial charge < -0.3 is 10.1 Å². The number of anilines is 1. The Labute approximate surface area is 188 Å². The van der Waals surface area contributed by atoms with Crippen molar-refractivity contribution in [3.8, 4) is 0 Å². The van der Waals surface area contributed by atoms with Gasteiger partial charge in [0.05, 0.1) is 11.5 Å². The van der Waals surface area contributed by atoms with E-state index >= 15 is 0 Å². The van der Waals surface area contributed by atoms with E-state index in [0.29, 0.717) is 16.8 Å². The first-order chi connectivity index (χ1) is 14.9. The minimum atomic E-state index is -3.72. The Morgan fingerprint density at radius 1 is 1.16 bits per heavy atom. The average molecular weight is 464 g/mol. The number of amides is 1. The maximum absolute atomic E-state index is 12.9. The van der Waals surface area contributed by atoms with Gasteiger partial charge in [0.1, 0.15) is 0 Å². The molecule has 31 heavy (non-hydrogen) atoms. The molecule has 2 aromatic carbocycles. The third-order valence-corrected chi connectivity index (χ3v) is 7.46. The Hall–Kier alpha value is -1.91. The second-order valence-electron chi connectivity index (χ2n) is 7.41. The van der Waals surface area contributed by atoms with E-state index in [-0.39, 0.29) is 24.0 Å². The van der Waals surface area contributed by atoms with Gasteiger partial charge in [-0.15, -0.1) is 0 Å². The van der Waals surface area contributed by atoms with Gasteiger partial charge in [0, 0.05) is 56.0 Å². The lowest BCUT2D eigenvalue weighted by Gasteiger charge is -2.26. The molecule has 1 fully saturated rings. The van der Waals surface area contributed by atoms with Gasteiger partial charge in [-0.25, -0.2) is 13.1 Å². The number of sulfonamides is 1. The van der Waals surface area contributed by atoms with Crippen molar-refractivity contribution in [3.63, 3.8) is 0 Å². The van der Waals surface area contributed by atoms with Crippen LogP contribution in [0.2, 0.25) is 0 Å². The zero-order valence-corrected chi connectivity index (χ0v) is 19.5. The van der Waals surface area contributed by atoms with Crippen molar-refractivity contribution < 1.29 is 17.9 Å². The van der Waals surface area contributed by atoms with Crippen molar-refractivity contribution in [1.82, 2.24) is 9.62 Å². The fourth-order valence-corrected chi connectivity index (χ4v) is 5.36. The molecular weight excluding hydrogens is 434 g/mol. The topological polar surface area (TPSA) is 87.7 Å². The Morgan fingerprint density at radius 3 is 2.68 bits per heavy atom. The predicted octanol–water partition coefficient (Wildman–Crippen LogP) is 2.72. The summed E-state index contributed by atoms with van der Waals surface area (Å²) in [7, 11) is -2.22. The molecule has 3 rings (SSSR count). The molecule has 0 spiro atoms. The number of benzene rings is 2. The average Bonchev–Trinajstić information content (AvgIpc) is 2.75. The van der Waals surface area contributed by atoms with Gasteiger partial charge in [0.15, 0.2) is 0 Å². The van der Waals surface area contributed by atoms with E-state index in [1.54, 1.807) is 13.0 Å². The van der Waals surface area contributed by atoms with E-state index in [0.717, 1.165) is 36.7 Å². The van der Waals surface area contributed by atoms with E-state index in [9.17, 15) is 13.2 Å². The molecule has 0 saturated carbocycles. The summed E-state index contributed by atoms with van der Waals surface area (Å²) < 4.78 is 32.3. The molecule has 1 saturated heterocycles. The summed E-state index contributed by atoms with van der Waals surface area (Å²) in [5.74, 6) is 1.96. The van der Waals surface area contributed by atoms with Crippen molar-refractivity contribution in [1.29, 1.82) is 0 Å². The summed E-state index contributed by atoms with van der Waals surface area (Å²) in [6, 6.07) is 12.4. The molecule has 168 valence electrons. The van der Waals surface area contributed by atoms with Crippen LogP contribution < -0.4 is 10.0 Å². The van der Waals surface area contributed by atoms with Gasteiger partial charge in [-0.1, -0.05) is 18.2 Å². The number of ether oxygens (including phenoxy) is 1. The summed E-state index contributed by atoms with van der Waals surface area (Å²) in [6.45, 7) is 5.21. The lowest BCUT2D eigenvalue weighted by molar-refractivity contribution is 0.102. The standard InChI is InChI=1S/C22H29N3O4S2/c1-17-6-7-20(31(27,28)23-8-11-29-2)15-21(17)22(26)24-19-5-3-4-18(14-19)16-25-9-12-30-13-10-25/h3-7,14-15,23H,8-13,16H2,1-2H3,(H,24,26). The van der Waals surface area contributed by atoms with Crippen molar-refractivity contribution >= 4 is 33.4 Å². The number of hydrogen-bond donors (Lipinski definition) is 2. The van der Waals surface area contributed by atoms with E-state index < -0.39 is 10.0 Å². The minimum absolute atomic E-state index is 0.0519. The van der Waals surface area contributed by atoms with Crippen LogP contribution in [-0.2, 0) is 21.3 Å². The monoisotopic (exact) mass is 463 g/mol.